The predicted molar refractivity (Wildman–Crippen MR) is 73.5 cm³/mol. The number of halogens is 2. The zero-order chi connectivity index (χ0) is 14.5. The number of benzene rings is 1. The van der Waals surface area contributed by atoms with Crippen LogP contribution in [0.3, 0.4) is 0 Å². The van der Waals surface area contributed by atoms with Crippen LogP contribution < -0.4 is 10.6 Å². The van der Waals surface area contributed by atoms with Gasteiger partial charge in [0, 0.05) is 30.9 Å². The first kappa shape index (κ1) is 14.9. The minimum Gasteiger partial charge on any atom is -0.325 e. The first-order valence-corrected chi connectivity index (χ1v) is 6.80. The van der Waals surface area contributed by atoms with Gasteiger partial charge in [0.05, 0.1) is 6.54 Å². The second kappa shape index (κ2) is 6.76. The van der Waals surface area contributed by atoms with E-state index in [1.165, 1.54) is 6.07 Å². The highest BCUT2D eigenvalue weighted by molar-refractivity contribution is 5.92. The molecule has 1 aliphatic rings. The van der Waals surface area contributed by atoms with Crippen LogP contribution in [0.25, 0.3) is 0 Å². The maximum atomic E-state index is 13.1. The minimum atomic E-state index is -0.962. The van der Waals surface area contributed by atoms with Gasteiger partial charge in [-0.25, -0.2) is 8.78 Å². The minimum absolute atomic E-state index is 0.212. The van der Waals surface area contributed by atoms with Gasteiger partial charge in [0.1, 0.15) is 0 Å². The van der Waals surface area contributed by atoms with Crippen molar-refractivity contribution < 1.29 is 13.6 Å². The molecule has 0 spiro atoms. The first-order valence-electron chi connectivity index (χ1n) is 6.80. The van der Waals surface area contributed by atoms with Gasteiger partial charge in [0.15, 0.2) is 11.6 Å². The van der Waals surface area contributed by atoms with Crippen LogP contribution in [0.1, 0.15) is 13.3 Å². The van der Waals surface area contributed by atoms with Gasteiger partial charge >= 0.3 is 0 Å². The van der Waals surface area contributed by atoms with Crippen LogP contribution in [-0.4, -0.2) is 43.0 Å². The van der Waals surface area contributed by atoms with Crippen LogP contribution in [0.5, 0.6) is 0 Å². The average molecular weight is 283 g/mol. The second-order valence-corrected chi connectivity index (χ2v) is 4.96. The number of carbonyl (C=O) groups is 1. The molecule has 0 saturated carbocycles. The Bertz CT molecular complexity index is 477. The lowest BCUT2D eigenvalue weighted by Crippen LogP contribution is -2.58. The third kappa shape index (κ3) is 3.74. The summed E-state index contributed by atoms with van der Waals surface area (Å²) in [4.78, 5) is 14.1. The molecule has 6 heteroatoms. The monoisotopic (exact) mass is 283 g/mol. The summed E-state index contributed by atoms with van der Waals surface area (Å²) in [7, 11) is 0. The Morgan fingerprint density at radius 3 is 2.70 bits per heavy atom. The van der Waals surface area contributed by atoms with Crippen LogP contribution in [0, 0.1) is 11.6 Å². The molecule has 1 aliphatic heterocycles. The van der Waals surface area contributed by atoms with Gasteiger partial charge in [-0.2, -0.15) is 0 Å². The molecule has 1 amide bonds. The molecular formula is C14H19F2N3O. The smallest absolute Gasteiger partial charge is 0.238 e. The lowest BCUT2D eigenvalue weighted by Gasteiger charge is -2.37. The molecule has 110 valence electrons. The first-order chi connectivity index (χ1) is 9.60. The molecule has 0 atom stereocenters. The maximum Gasteiger partial charge on any atom is 0.238 e. The molecule has 1 heterocycles. The van der Waals surface area contributed by atoms with Gasteiger partial charge in [-0.05, 0) is 25.1 Å². The van der Waals surface area contributed by atoms with Crippen molar-refractivity contribution in [1.82, 2.24) is 10.2 Å². The number of carbonyl (C=O) groups excluding carboxylic acids is 1. The topological polar surface area (TPSA) is 44.4 Å². The summed E-state index contributed by atoms with van der Waals surface area (Å²) in [6.07, 6.45) is 0.967. The highest BCUT2D eigenvalue weighted by atomic mass is 19.2. The largest absolute Gasteiger partial charge is 0.325 e. The molecule has 20 heavy (non-hydrogen) atoms. The molecule has 1 fully saturated rings. The lowest BCUT2D eigenvalue weighted by atomic mass is 10.1. The lowest BCUT2D eigenvalue weighted by molar-refractivity contribution is -0.118. The van der Waals surface area contributed by atoms with Crippen LogP contribution >= 0.6 is 0 Å². The van der Waals surface area contributed by atoms with Crippen molar-refractivity contribution in [2.24, 2.45) is 0 Å². The highest BCUT2D eigenvalue weighted by Crippen LogP contribution is 2.13. The SMILES string of the molecule is CCCN(CC(=O)Nc1ccc(F)c(F)c1)C1CNC1. The molecule has 1 aromatic rings. The summed E-state index contributed by atoms with van der Waals surface area (Å²) in [5.74, 6) is -2.09. The van der Waals surface area contributed by atoms with Crippen molar-refractivity contribution >= 4 is 11.6 Å². The van der Waals surface area contributed by atoms with E-state index in [1.807, 2.05) is 0 Å². The molecule has 4 nitrogen and oxygen atoms in total. The Balaban J connectivity index is 1.91. The summed E-state index contributed by atoms with van der Waals surface area (Å²) in [6.45, 7) is 4.94. The molecule has 0 aromatic heterocycles. The summed E-state index contributed by atoms with van der Waals surface area (Å²) in [5, 5.41) is 5.77. The summed E-state index contributed by atoms with van der Waals surface area (Å²) in [6, 6.07) is 3.73. The predicted octanol–water partition coefficient (Wildman–Crippen LogP) is 1.59. The van der Waals surface area contributed by atoms with E-state index >= 15 is 0 Å². The number of nitrogens with one attached hydrogen (secondary N) is 2. The summed E-state index contributed by atoms with van der Waals surface area (Å²) < 4.78 is 25.9. The average Bonchev–Trinajstić information content (AvgIpc) is 2.32. The Labute approximate surface area is 117 Å². The number of hydrogen-bond donors (Lipinski definition) is 2. The van der Waals surface area contributed by atoms with Gasteiger partial charge in [-0.15, -0.1) is 0 Å². The van der Waals surface area contributed by atoms with Gasteiger partial charge in [-0.1, -0.05) is 6.92 Å². The quantitative estimate of drug-likeness (QED) is 0.833. The van der Waals surface area contributed by atoms with Crippen LogP contribution in [0.2, 0.25) is 0 Å². The number of amides is 1. The Kier molecular flexibility index (Phi) is 5.03. The van der Waals surface area contributed by atoms with Crippen LogP contribution in [0.15, 0.2) is 18.2 Å². The number of nitrogens with zero attached hydrogens (tertiary/aromatic N) is 1. The van der Waals surface area contributed by atoms with Crippen LogP contribution in [0.4, 0.5) is 14.5 Å². The van der Waals surface area contributed by atoms with E-state index in [1.54, 1.807) is 0 Å². The third-order valence-corrected chi connectivity index (χ3v) is 3.34. The normalized spacial score (nSPS) is 15.2. The molecule has 1 saturated heterocycles. The zero-order valence-electron chi connectivity index (χ0n) is 11.5. The molecule has 2 N–H and O–H groups in total. The molecule has 0 unspecified atom stereocenters. The summed E-state index contributed by atoms with van der Waals surface area (Å²) in [5.41, 5.74) is 0.275. The molecular weight excluding hydrogens is 264 g/mol. The van der Waals surface area contributed by atoms with Crippen molar-refractivity contribution in [1.29, 1.82) is 0 Å². The van der Waals surface area contributed by atoms with Crippen LogP contribution in [-0.2, 0) is 4.79 Å². The van der Waals surface area contributed by atoms with Crippen molar-refractivity contribution in [3.05, 3.63) is 29.8 Å². The fraction of sp³-hybridized carbons (Fsp3) is 0.500. The van der Waals surface area contributed by atoms with Crippen molar-refractivity contribution in [3.63, 3.8) is 0 Å². The van der Waals surface area contributed by atoms with E-state index in [4.69, 9.17) is 0 Å². The number of hydrogen-bond acceptors (Lipinski definition) is 3. The standard InChI is InChI=1S/C14H19F2N3O/c1-2-5-19(11-7-17-8-11)9-14(20)18-10-3-4-12(15)13(16)6-10/h3-4,6,11,17H,2,5,7-9H2,1H3,(H,18,20). The van der Waals surface area contributed by atoms with E-state index in [0.717, 1.165) is 38.2 Å². The maximum absolute atomic E-state index is 13.1. The fourth-order valence-electron chi connectivity index (χ4n) is 2.17. The molecule has 0 radical (unpaired) electrons. The highest BCUT2D eigenvalue weighted by Gasteiger charge is 2.25. The van der Waals surface area contributed by atoms with E-state index in [0.29, 0.717) is 6.04 Å². The molecule has 2 rings (SSSR count). The van der Waals surface area contributed by atoms with Crippen molar-refractivity contribution in [2.75, 3.05) is 31.5 Å². The van der Waals surface area contributed by atoms with Gasteiger partial charge in [0.25, 0.3) is 0 Å². The van der Waals surface area contributed by atoms with Gasteiger partial charge in [-0.3, -0.25) is 9.69 Å². The van der Waals surface area contributed by atoms with Crippen molar-refractivity contribution in [2.45, 2.75) is 19.4 Å². The zero-order valence-corrected chi connectivity index (χ0v) is 11.5. The Morgan fingerprint density at radius 1 is 1.40 bits per heavy atom. The second-order valence-electron chi connectivity index (χ2n) is 4.96. The number of rotatable bonds is 6. The fourth-order valence-corrected chi connectivity index (χ4v) is 2.17. The Morgan fingerprint density at radius 2 is 2.15 bits per heavy atom. The van der Waals surface area contributed by atoms with E-state index in [9.17, 15) is 13.6 Å². The van der Waals surface area contributed by atoms with Gasteiger partial charge in [0.2, 0.25) is 5.91 Å². The molecule has 0 aliphatic carbocycles. The molecule has 0 bridgehead atoms. The van der Waals surface area contributed by atoms with E-state index in [2.05, 4.69) is 22.5 Å². The van der Waals surface area contributed by atoms with E-state index in [-0.39, 0.29) is 18.1 Å². The van der Waals surface area contributed by atoms with Gasteiger partial charge < -0.3 is 10.6 Å². The Hall–Kier alpha value is -1.53. The third-order valence-electron chi connectivity index (χ3n) is 3.34. The summed E-state index contributed by atoms with van der Waals surface area (Å²) >= 11 is 0. The number of anilines is 1. The van der Waals surface area contributed by atoms with E-state index < -0.39 is 11.6 Å². The molecule has 1 aromatic carbocycles. The van der Waals surface area contributed by atoms with Crippen molar-refractivity contribution in [3.8, 4) is 0 Å².